The third-order valence-corrected chi connectivity index (χ3v) is 3.16. The predicted octanol–water partition coefficient (Wildman–Crippen LogP) is 3.42. The monoisotopic (exact) mass is 283 g/mol. The molecule has 1 heterocycles. The SMILES string of the molecule is NC(Cc1ccc(F)cc1Br)c1ccoc1. The van der Waals surface area contributed by atoms with Gasteiger partial charge in [-0.25, -0.2) is 4.39 Å². The number of benzene rings is 1. The van der Waals surface area contributed by atoms with Crippen LogP contribution in [0.15, 0.2) is 45.7 Å². The molecule has 2 N–H and O–H groups in total. The highest BCUT2D eigenvalue weighted by Crippen LogP contribution is 2.23. The molecule has 0 aliphatic rings. The molecule has 2 nitrogen and oxygen atoms in total. The summed E-state index contributed by atoms with van der Waals surface area (Å²) >= 11 is 3.32. The summed E-state index contributed by atoms with van der Waals surface area (Å²) in [7, 11) is 0. The molecule has 0 saturated carbocycles. The van der Waals surface area contributed by atoms with Crippen LogP contribution >= 0.6 is 15.9 Å². The first-order valence-corrected chi connectivity index (χ1v) is 5.67. The van der Waals surface area contributed by atoms with Crippen LogP contribution < -0.4 is 5.73 Å². The zero-order valence-electron chi connectivity index (χ0n) is 8.49. The smallest absolute Gasteiger partial charge is 0.124 e. The number of halogens is 2. The van der Waals surface area contributed by atoms with Crippen molar-refractivity contribution >= 4 is 15.9 Å². The molecular weight excluding hydrogens is 273 g/mol. The molecule has 1 aromatic heterocycles. The minimum Gasteiger partial charge on any atom is -0.472 e. The van der Waals surface area contributed by atoms with Crippen molar-refractivity contribution in [2.24, 2.45) is 5.73 Å². The quantitative estimate of drug-likeness (QED) is 0.938. The van der Waals surface area contributed by atoms with Gasteiger partial charge in [-0.15, -0.1) is 0 Å². The number of rotatable bonds is 3. The van der Waals surface area contributed by atoms with E-state index >= 15 is 0 Å². The van der Waals surface area contributed by atoms with Crippen molar-refractivity contribution in [1.29, 1.82) is 0 Å². The van der Waals surface area contributed by atoms with Crippen LogP contribution in [0.4, 0.5) is 4.39 Å². The van der Waals surface area contributed by atoms with Gasteiger partial charge in [0.15, 0.2) is 0 Å². The molecule has 0 saturated heterocycles. The number of furan rings is 1. The maximum atomic E-state index is 12.9. The molecule has 2 rings (SSSR count). The summed E-state index contributed by atoms with van der Waals surface area (Å²) in [5.41, 5.74) is 7.93. The summed E-state index contributed by atoms with van der Waals surface area (Å²) in [6.07, 6.45) is 3.86. The zero-order chi connectivity index (χ0) is 11.5. The molecule has 1 atom stereocenters. The number of hydrogen-bond acceptors (Lipinski definition) is 2. The van der Waals surface area contributed by atoms with Gasteiger partial charge in [-0.1, -0.05) is 22.0 Å². The lowest BCUT2D eigenvalue weighted by Gasteiger charge is -2.10. The van der Waals surface area contributed by atoms with Gasteiger partial charge in [0.25, 0.3) is 0 Å². The Morgan fingerprint density at radius 3 is 2.81 bits per heavy atom. The summed E-state index contributed by atoms with van der Waals surface area (Å²) in [5, 5.41) is 0. The van der Waals surface area contributed by atoms with E-state index in [9.17, 15) is 4.39 Å². The molecule has 0 aliphatic heterocycles. The van der Waals surface area contributed by atoms with E-state index in [2.05, 4.69) is 15.9 Å². The fourth-order valence-electron chi connectivity index (χ4n) is 1.53. The molecule has 1 unspecified atom stereocenters. The second kappa shape index (κ2) is 4.80. The fourth-order valence-corrected chi connectivity index (χ4v) is 2.04. The Morgan fingerprint density at radius 1 is 1.38 bits per heavy atom. The lowest BCUT2D eigenvalue weighted by atomic mass is 10.0. The standard InChI is InChI=1S/C12H11BrFNO/c13-11-6-10(14)2-1-8(11)5-12(15)9-3-4-16-7-9/h1-4,6-7,12H,5,15H2. The zero-order valence-corrected chi connectivity index (χ0v) is 10.1. The third kappa shape index (κ3) is 2.51. The lowest BCUT2D eigenvalue weighted by Crippen LogP contribution is -2.12. The molecule has 4 heteroatoms. The molecule has 0 radical (unpaired) electrons. The summed E-state index contributed by atoms with van der Waals surface area (Å²) < 4.78 is 18.6. The van der Waals surface area contributed by atoms with Gasteiger partial charge in [0, 0.05) is 16.1 Å². The van der Waals surface area contributed by atoms with E-state index in [0.717, 1.165) is 15.6 Å². The Kier molecular flexibility index (Phi) is 3.41. The number of nitrogens with two attached hydrogens (primary N) is 1. The van der Waals surface area contributed by atoms with Crippen molar-refractivity contribution in [3.63, 3.8) is 0 Å². The van der Waals surface area contributed by atoms with Gasteiger partial charge in [0.05, 0.1) is 12.5 Å². The fraction of sp³-hybridized carbons (Fsp3) is 0.167. The van der Waals surface area contributed by atoms with Crippen molar-refractivity contribution in [3.05, 3.63) is 58.2 Å². The van der Waals surface area contributed by atoms with E-state index in [-0.39, 0.29) is 11.9 Å². The Labute approximate surface area is 101 Å². The van der Waals surface area contributed by atoms with Crippen LogP contribution in [0.5, 0.6) is 0 Å². The summed E-state index contributed by atoms with van der Waals surface area (Å²) in [5.74, 6) is -0.257. The molecular formula is C12H11BrFNO. The normalized spacial score (nSPS) is 12.7. The highest BCUT2D eigenvalue weighted by Gasteiger charge is 2.10. The van der Waals surface area contributed by atoms with Crippen LogP contribution in [-0.2, 0) is 6.42 Å². The van der Waals surface area contributed by atoms with Crippen LogP contribution in [0.1, 0.15) is 17.2 Å². The van der Waals surface area contributed by atoms with Gasteiger partial charge in [-0.05, 0) is 30.2 Å². The van der Waals surface area contributed by atoms with Crippen molar-refractivity contribution < 1.29 is 8.81 Å². The van der Waals surface area contributed by atoms with E-state index in [4.69, 9.17) is 10.2 Å². The molecule has 0 fully saturated rings. The van der Waals surface area contributed by atoms with Crippen molar-refractivity contribution in [2.45, 2.75) is 12.5 Å². The van der Waals surface area contributed by atoms with Crippen LogP contribution in [0, 0.1) is 5.82 Å². The van der Waals surface area contributed by atoms with Gasteiger partial charge in [-0.3, -0.25) is 0 Å². The van der Waals surface area contributed by atoms with Crippen LogP contribution in [0.3, 0.4) is 0 Å². The first-order chi connectivity index (χ1) is 7.66. The molecule has 0 aliphatic carbocycles. The Morgan fingerprint density at radius 2 is 2.19 bits per heavy atom. The Bertz CT molecular complexity index is 470. The minimum absolute atomic E-state index is 0.138. The van der Waals surface area contributed by atoms with E-state index in [1.165, 1.54) is 12.1 Å². The molecule has 2 aromatic rings. The van der Waals surface area contributed by atoms with Crippen molar-refractivity contribution in [1.82, 2.24) is 0 Å². The van der Waals surface area contributed by atoms with E-state index < -0.39 is 0 Å². The number of hydrogen-bond donors (Lipinski definition) is 1. The van der Waals surface area contributed by atoms with Crippen molar-refractivity contribution in [2.75, 3.05) is 0 Å². The van der Waals surface area contributed by atoms with Crippen LogP contribution in [0.2, 0.25) is 0 Å². The molecule has 0 spiro atoms. The second-order valence-electron chi connectivity index (χ2n) is 3.60. The Hall–Kier alpha value is -1.13. The van der Waals surface area contributed by atoms with E-state index in [1.54, 1.807) is 18.6 Å². The molecule has 0 bridgehead atoms. The van der Waals surface area contributed by atoms with Crippen molar-refractivity contribution in [3.8, 4) is 0 Å². The second-order valence-corrected chi connectivity index (χ2v) is 4.46. The maximum absolute atomic E-state index is 12.9. The average Bonchev–Trinajstić information content (AvgIpc) is 2.75. The molecule has 84 valence electrons. The molecule has 16 heavy (non-hydrogen) atoms. The van der Waals surface area contributed by atoms with Crippen LogP contribution in [0.25, 0.3) is 0 Å². The van der Waals surface area contributed by atoms with Gasteiger partial charge in [-0.2, -0.15) is 0 Å². The highest BCUT2D eigenvalue weighted by atomic mass is 79.9. The third-order valence-electron chi connectivity index (χ3n) is 2.43. The van der Waals surface area contributed by atoms with Crippen LogP contribution in [-0.4, -0.2) is 0 Å². The first-order valence-electron chi connectivity index (χ1n) is 4.88. The Balaban J connectivity index is 2.15. The van der Waals surface area contributed by atoms with E-state index in [1.807, 2.05) is 6.07 Å². The summed E-state index contributed by atoms with van der Waals surface area (Å²) in [4.78, 5) is 0. The summed E-state index contributed by atoms with van der Waals surface area (Å²) in [6, 6.07) is 6.31. The van der Waals surface area contributed by atoms with Gasteiger partial charge >= 0.3 is 0 Å². The maximum Gasteiger partial charge on any atom is 0.124 e. The van der Waals surface area contributed by atoms with E-state index in [0.29, 0.717) is 6.42 Å². The molecule has 1 aromatic carbocycles. The average molecular weight is 284 g/mol. The first kappa shape index (κ1) is 11.4. The van der Waals surface area contributed by atoms with Gasteiger partial charge in [0.2, 0.25) is 0 Å². The summed E-state index contributed by atoms with van der Waals surface area (Å²) in [6.45, 7) is 0. The predicted molar refractivity (Wildman–Crippen MR) is 63.4 cm³/mol. The van der Waals surface area contributed by atoms with Gasteiger partial charge < -0.3 is 10.2 Å². The van der Waals surface area contributed by atoms with Gasteiger partial charge in [0.1, 0.15) is 5.82 Å². The highest BCUT2D eigenvalue weighted by molar-refractivity contribution is 9.10. The lowest BCUT2D eigenvalue weighted by molar-refractivity contribution is 0.558. The minimum atomic E-state index is -0.257. The molecule has 0 amide bonds. The largest absolute Gasteiger partial charge is 0.472 e. The topological polar surface area (TPSA) is 39.2 Å².